The van der Waals surface area contributed by atoms with Gasteiger partial charge in [-0.2, -0.15) is 5.10 Å². The normalized spacial score (nSPS) is 15.4. The van der Waals surface area contributed by atoms with Crippen molar-refractivity contribution in [3.8, 4) is 16.9 Å². The van der Waals surface area contributed by atoms with Crippen LogP contribution in [-0.2, 0) is 15.5 Å². The van der Waals surface area contributed by atoms with Crippen LogP contribution in [0.5, 0.6) is 0 Å². The van der Waals surface area contributed by atoms with Crippen molar-refractivity contribution in [3.05, 3.63) is 77.1 Å². The summed E-state index contributed by atoms with van der Waals surface area (Å²) in [5.74, 6) is -0.850. The van der Waals surface area contributed by atoms with E-state index in [1.54, 1.807) is 29.1 Å². The van der Waals surface area contributed by atoms with Crippen LogP contribution in [0, 0.1) is 5.82 Å². The minimum absolute atomic E-state index is 0.0226. The number of aromatic nitrogens is 2. The van der Waals surface area contributed by atoms with E-state index in [4.69, 9.17) is 12.2 Å². The molecular formula is C21H16FN3O3S3. The molecule has 6 nitrogen and oxygen atoms in total. The van der Waals surface area contributed by atoms with Gasteiger partial charge in [0, 0.05) is 23.9 Å². The number of hydrogen-bond acceptors (Lipinski definition) is 6. The van der Waals surface area contributed by atoms with Crippen LogP contribution in [-0.4, -0.2) is 45.6 Å². The molecule has 1 aromatic heterocycles. The van der Waals surface area contributed by atoms with E-state index >= 15 is 0 Å². The molecule has 1 amide bonds. The van der Waals surface area contributed by atoms with Gasteiger partial charge in [0.05, 0.1) is 22.0 Å². The summed E-state index contributed by atoms with van der Waals surface area (Å²) >= 11 is 6.37. The largest absolute Gasteiger partial charge is 0.292 e. The summed E-state index contributed by atoms with van der Waals surface area (Å²) in [5.41, 5.74) is 2.76. The molecule has 1 saturated heterocycles. The summed E-state index contributed by atoms with van der Waals surface area (Å²) in [7, 11) is -2.60. The number of thiocarbonyl (C=S) groups is 1. The highest BCUT2D eigenvalue weighted by molar-refractivity contribution is 8.26. The number of halogens is 1. The predicted molar refractivity (Wildman–Crippen MR) is 124 cm³/mol. The lowest BCUT2D eigenvalue weighted by molar-refractivity contribution is -0.121. The van der Waals surface area contributed by atoms with Crippen LogP contribution in [0.4, 0.5) is 4.39 Å². The Balaban J connectivity index is 1.75. The molecular weight excluding hydrogens is 457 g/mol. The van der Waals surface area contributed by atoms with Crippen molar-refractivity contribution in [3.63, 3.8) is 0 Å². The summed E-state index contributed by atoms with van der Waals surface area (Å²) < 4.78 is 37.2. The molecule has 0 radical (unpaired) electrons. The Morgan fingerprint density at radius 3 is 2.48 bits per heavy atom. The molecule has 158 valence electrons. The molecule has 4 rings (SSSR count). The van der Waals surface area contributed by atoms with Crippen molar-refractivity contribution in [2.45, 2.75) is 0 Å². The van der Waals surface area contributed by atoms with Gasteiger partial charge in [0.15, 0.2) is 0 Å². The number of thiol groups is 1. The van der Waals surface area contributed by atoms with Crippen molar-refractivity contribution in [2.75, 3.05) is 12.3 Å². The van der Waals surface area contributed by atoms with E-state index in [0.29, 0.717) is 26.0 Å². The van der Waals surface area contributed by atoms with Gasteiger partial charge in [-0.15, -0.1) is 0 Å². The van der Waals surface area contributed by atoms with Crippen molar-refractivity contribution >= 4 is 51.0 Å². The highest BCUT2D eigenvalue weighted by Gasteiger charge is 2.32. The molecule has 0 spiro atoms. The number of rotatable bonds is 6. The van der Waals surface area contributed by atoms with Crippen LogP contribution in [0.2, 0.25) is 0 Å². The second-order valence-electron chi connectivity index (χ2n) is 6.61. The number of benzene rings is 2. The number of carbonyl (C=O) groups excluding carboxylic acids is 1. The zero-order valence-corrected chi connectivity index (χ0v) is 18.5. The molecule has 1 fully saturated rings. The van der Waals surface area contributed by atoms with E-state index < -0.39 is 10.7 Å². The first kappa shape index (κ1) is 21.4. The first-order chi connectivity index (χ1) is 14.9. The highest BCUT2D eigenvalue weighted by atomic mass is 32.2. The fourth-order valence-electron chi connectivity index (χ4n) is 3.05. The average molecular weight is 474 g/mol. The molecule has 10 heteroatoms. The quantitative estimate of drug-likeness (QED) is 0.336. The van der Waals surface area contributed by atoms with Gasteiger partial charge in [-0.05, 0) is 42.5 Å². The van der Waals surface area contributed by atoms with E-state index in [0.717, 1.165) is 17.4 Å². The predicted octanol–water partition coefficient (Wildman–Crippen LogP) is 3.49. The van der Waals surface area contributed by atoms with Crippen LogP contribution >= 0.6 is 24.0 Å². The molecule has 0 aliphatic carbocycles. The Hall–Kier alpha value is -2.82. The zero-order valence-electron chi connectivity index (χ0n) is 16.0. The third-order valence-electron chi connectivity index (χ3n) is 4.55. The van der Waals surface area contributed by atoms with Crippen LogP contribution in [0.15, 0.2) is 65.7 Å². The number of para-hydroxylation sites is 1. The van der Waals surface area contributed by atoms with Crippen LogP contribution in [0.3, 0.4) is 0 Å². The first-order valence-electron chi connectivity index (χ1n) is 9.20. The first-order valence-corrected chi connectivity index (χ1v) is 11.8. The van der Waals surface area contributed by atoms with E-state index in [2.05, 4.69) is 5.10 Å². The fourth-order valence-corrected chi connectivity index (χ4v) is 4.72. The molecule has 0 saturated carbocycles. The van der Waals surface area contributed by atoms with E-state index in [-0.39, 0.29) is 24.0 Å². The van der Waals surface area contributed by atoms with Crippen molar-refractivity contribution in [2.24, 2.45) is 0 Å². The molecule has 1 aliphatic rings. The van der Waals surface area contributed by atoms with Gasteiger partial charge in [0.2, 0.25) is 0 Å². The lowest BCUT2D eigenvalue weighted by Crippen LogP contribution is -2.31. The average Bonchev–Trinajstić information content (AvgIpc) is 3.29. The molecule has 31 heavy (non-hydrogen) atoms. The van der Waals surface area contributed by atoms with E-state index in [9.17, 15) is 17.6 Å². The summed E-state index contributed by atoms with van der Waals surface area (Å²) in [6.45, 7) is 0.0226. The number of carbonyl (C=O) groups is 1. The smallest absolute Gasteiger partial charge is 0.266 e. The Morgan fingerprint density at radius 1 is 1.10 bits per heavy atom. The Bertz CT molecular complexity index is 1240. The van der Waals surface area contributed by atoms with Gasteiger partial charge in [0.1, 0.15) is 20.8 Å². The fraction of sp³-hybridized carbons (Fsp3) is 0.0952. The second-order valence-corrected chi connectivity index (χ2v) is 9.40. The maximum absolute atomic E-state index is 13.4. The second kappa shape index (κ2) is 9.13. The van der Waals surface area contributed by atoms with Gasteiger partial charge in [-0.3, -0.25) is 9.69 Å². The number of amides is 1. The molecule has 2 heterocycles. The van der Waals surface area contributed by atoms with Gasteiger partial charge in [-0.25, -0.2) is 17.5 Å². The number of thioether (sulfide) groups is 1. The number of hydrogen-bond donors (Lipinski definition) is 1. The molecule has 1 aliphatic heterocycles. The van der Waals surface area contributed by atoms with Crippen LogP contribution in [0.25, 0.3) is 23.0 Å². The van der Waals surface area contributed by atoms with Crippen molar-refractivity contribution < 1.29 is 17.6 Å². The summed E-state index contributed by atoms with van der Waals surface area (Å²) in [5, 5.41) is 4.65. The summed E-state index contributed by atoms with van der Waals surface area (Å²) in [6.07, 6.45) is 3.47. The molecule has 0 atom stereocenters. The maximum atomic E-state index is 13.4. The number of nitrogens with zero attached hydrogens (tertiary/aromatic N) is 3. The highest BCUT2D eigenvalue weighted by Crippen LogP contribution is 2.34. The minimum Gasteiger partial charge on any atom is -0.292 e. The summed E-state index contributed by atoms with van der Waals surface area (Å²) in [4.78, 5) is 14.4. The lowest BCUT2D eigenvalue weighted by atomic mass is 10.1. The van der Waals surface area contributed by atoms with Gasteiger partial charge in [-0.1, -0.05) is 42.2 Å². The molecule has 0 N–H and O–H groups in total. The molecule has 2 aromatic carbocycles. The summed E-state index contributed by atoms with van der Waals surface area (Å²) in [6, 6.07) is 15.4. The van der Waals surface area contributed by atoms with Crippen molar-refractivity contribution in [1.29, 1.82) is 0 Å². The minimum atomic E-state index is -2.60. The maximum Gasteiger partial charge on any atom is 0.266 e. The van der Waals surface area contributed by atoms with Gasteiger partial charge < -0.3 is 0 Å². The van der Waals surface area contributed by atoms with E-state index in [1.165, 1.54) is 17.0 Å². The third kappa shape index (κ3) is 4.76. The van der Waals surface area contributed by atoms with Crippen molar-refractivity contribution in [1.82, 2.24) is 14.7 Å². The van der Waals surface area contributed by atoms with Gasteiger partial charge >= 0.3 is 0 Å². The third-order valence-corrected chi connectivity index (χ3v) is 6.49. The monoisotopic (exact) mass is 473 g/mol. The Morgan fingerprint density at radius 2 is 1.81 bits per heavy atom. The van der Waals surface area contributed by atoms with E-state index in [1.807, 2.05) is 30.3 Å². The molecule has 0 bridgehead atoms. The SMILES string of the molecule is O=C1/C(=C/c2cn(-c3ccccc3)nc2-c2ccc(F)cc2)SC(=S)N1CC[SH](=O)=O. The van der Waals surface area contributed by atoms with Crippen LogP contribution in [0.1, 0.15) is 5.56 Å². The Kier molecular flexibility index (Phi) is 6.30. The lowest BCUT2D eigenvalue weighted by Gasteiger charge is -2.11. The molecule has 0 unspecified atom stereocenters. The van der Waals surface area contributed by atoms with Gasteiger partial charge in [0.25, 0.3) is 5.91 Å². The topological polar surface area (TPSA) is 72.3 Å². The van der Waals surface area contributed by atoms with Crippen LogP contribution < -0.4 is 0 Å². The standard InChI is InChI=1S/C21H16FN3O3S3/c22-16-8-6-14(7-9-16)19-15(13-25(23-19)17-4-2-1-3-5-17)12-18-20(26)24(21(29)30-18)10-11-31(27)28/h1-9,12-13,31H,10-11H2/b18-12-. The molecule has 3 aromatic rings. The Labute approximate surface area is 189 Å². The zero-order chi connectivity index (χ0) is 22.0.